The summed E-state index contributed by atoms with van der Waals surface area (Å²) in [5.74, 6) is 0.427. The van der Waals surface area contributed by atoms with Crippen LogP contribution in [0, 0.1) is 0 Å². The fourth-order valence-electron chi connectivity index (χ4n) is 2.10. The highest BCUT2D eigenvalue weighted by Crippen LogP contribution is 2.13. The molecule has 0 spiro atoms. The molecule has 110 valence electrons. The van der Waals surface area contributed by atoms with Gasteiger partial charge in [-0.15, -0.1) is 10.2 Å². The Morgan fingerprint density at radius 3 is 2.05 bits per heavy atom. The lowest BCUT2D eigenvalue weighted by Gasteiger charge is -2.05. The third kappa shape index (κ3) is 3.12. The molecule has 22 heavy (non-hydrogen) atoms. The zero-order valence-electron chi connectivity index (χ0n) is 11.9. The van der Waals surface area contributed by atoms with Gasteiger partial charge < -0.3 is 11.5 Å². The van der Waals surface area contributed by atoms with Crippen molar-refractivity contribution in [3.05, 3.63) is 65.7 Å². The van der Waals surface area contributed by atoms with Gasteiger partial charge in [0, 0.05) is 0 Å². The minimum Gasteiger partial charge on any atom is -0.380 e. The van der Waals surface area contributed by atoms with Gasteiger partial charge in [-0.3, -0.25) is 5.43 Å². The third-order valence-electron chi connectivity index (χ3n) is 3.25. The number of hydrogen-bond acceptors (Lipinski definition) is 6. The van der Waals surface area contributed by atoms with E-state index in [9.17, 15) is 0 Å². The third-order valence-corrected chi connectivity index (χ3v) is 3.25. The molecule has 1 heterocycles. The first-order valence-corrected chi connectivity index (χ1v) is 6.86. The molecule has 5 N–H and O–H groups in total. The molecule has 1 aliphatic rings. The Bertz CT molecular complexity index is 724. The molecule has 3 rings (SSSR count). The molecule has 0 saturated heterocycles. The van der Waals surface area contributed by atoms with Crippen LogP contribution in [0.25, 0.3) is 0 Å². The highest BCUT2D eigenvalue weighted by atomic mass is 15.4. The Morgan fingerprint density at radius 2 is 1.41 bits per heavy atom. The van der Waals surface area contributed by atoms with Gasteiger partial charge in [0.1, 0.15) is 0 Å². The van der Waals surface area contributed by atoms with Crippen LogP contribution >= 0.6 is 0 Å². The van der Waals surface area contributed by atoms with Gasteiger partial charge in [-0.1, -0.05) is 42.5 Å². The van der Waals surface area contributed by atoms with Crippen LogP contribution in [0.5, 0.6) is 0 Å². The summed E-state index contributed by atoms with van der Waals surface area (Å²) in [6.45, 7) is 0. The summed E-state index contributed by atoms with van der Waals surface area (Å²) in [6.07, 6.45) is 0.898. The summed E-state index contributed by atoms with van der Waals surface area (Å²) in [5.41, 5.74) is 17.9. The highest BCUT2D eigenvalue weighted by molar-refractivity contribution is 6.68. The number of amidine groups is 2. The number of anilines is 1. The highest BCUT2D eigenvalue weighted by Gasteiger charge is 2.16. The van der Waals surface area contributed by atoms with E-state index in [0.29, 0.717) is 5.71 Å². The van der Waals surface area contributed by atoms with Crippen molar-refractivity contribution in [2.45, 2.75) is 6.42 Å². The zero-order chi connectivity index (χ0) is 15.4. The Kier molecular flexibility index (Phi) is 3.82. The van der Waals surface area contributed by atoms with E-state index in [2.05, 4.69) is 45.0 Å². The number of hydrogen-bond donors (Lipinski definition) is 3. The summed E-state index contributed by atoms with van der Waals surface area (Å²) in [7, 11) is 0. The molecule has 0 aliphatic carbocycles. The summed E-state index contributed by atoms with van der Waals surface area (Å²) in [6, 6.07) is 18.4. The van der Waals surface area contributed by atoms with Gasteiger partial charge in [0.2, 0.25) is 0 Å². The van der Waals surface area contributed by atoms with Gasteiger partial charge in [-0.25, -0.2) is 0 Å². The minimum absolute atomic E-state index is 0.214. The summed E-state index contributed by atoms with van der Waals surface area (Å²) < 4.78 is 0. The van der Waals surface area contributed by atoms with E-state index in [-0.39, 0.29) is 11.7 Å². The van der Waals surface area contributed by atoms with E-state index in [4.69, 9.17) is 11.5 Å². The van der Waals surface area contributed by atoms with Crippen LogP contribution in [0.4, 0.5) is 5.69 Å². The zero-order valence-corrected chi connectivity index (χ0v) is 11.9. The number of benzene rings is 2. The maximum atomic E-state index is 5.63. The maximum Gasteiger partial charge on any atom is 0.177 e. The van der Waals surface area contributed by atoms with Gasteiger partial charge in [-0.2, -0.15) is 5.10 Å². The van der Waals surface area contributed by atoms with Gasteiger partial charge in [0.05, 0.1) is 5.69 Å². The lowest BCUT2D eigenvalue weighted by molar-refractivity contribution is 1.19. The first-order valence-electron chi connectivity index (χ1n) is 6.86. The van der Waals surface area contributed by atoms with Crippen LogP contribution in [0.2, 0.25) is 0 Å². The van der Waals surface area contributed by atoms with Crippen LogP contribution in [-0.4, -0.2) is 17.4 Å². The average Bonchev–Trinajstić information content (AvgIpc) is 2.86. The largest absolute Gasteiger partial charge is 0.380 e. The van der Waals surface area contributed by atoms with Gasteiger partial charge in [-0.05, 0) is 29.7 Å². The van der Waals surface area contributed by atoms with E-state index in [0.717, 1.165) is 12.1 Å². The first kappa shape index (κ1) is 13.8. The molecule has 2 aromatic rings. The van der Waals surface area contributed by atoms with E-state index in [1.807, 2.05) is 30.3 Å². The fraction of sp³-hybridized carbons (Fsp3) is 0.0625. The topological polar surface area (TPSA) is 101 Å². The first-order chi connectivity index (χ1) is 10.7. The second-order valence-electron chi connectivity index (χ2n) is 4.90. The molecule has 0 unspecified atom stereocenters. The Hall–Kier alpha value is -3.15. The smallest absolute Gasteiger partial charge is 0.177 e. The lowest BCUT2D eigenvalue weighted by Crippen LogP contribution is -2.32. The van der Waals surface area contributed by atoms with Crippen LogP contribution in [0.15, 0.2) is 69.9 Å². The molecule has 0 amide bonds. The molecular weight excluding hydrogens is 276 g/mol. The number of hydrazone groups is 1. The van der Waals surface area contributed by atoms with Crippen molar-refractivity contribution in [2.75, 3.05) is 5.43 Å². The quantitative estimate of drug-likeness (QED) is 0.747. The molecule has 2 aromatic carbocycles. The number of nitrogens with two attached hydrogens (primary N) is 2. The van der Waals surface area contributed by atoms with E-state index in [1.54, 1.807) is 0 Å². The van der Waals surface area contributed by atoms with Gasteiger partial charge in [0.25, 0.3) is 0 Å². The maximum absolute atomic E-state index is 5.63. The molecule has 1 aliphatic heterocycles. The van der Waals surface area contributed by atoms with Crippen molar-refractivity contribution in [1.29, 1.82) is 0 Å². The number of nitrogens with zero attached hydrogens (tertiary/aromatic N) is 3. The van der Waals surface area contributed by atoms with Crippen molar-refractivity contribution in [1.82, 2.24) is 0 Å². The minimum atomic E-state index is 0.214. The van der Waals surface area contributed by atoms with Crippen molar-refractivity contribution >= 4 is 23.1 Å². The lowest BCUT2D eigenvalue weighted by atomic mass is 10.1. The molecule has 0 atom stereocenters. The second kappa shape index (κ2) is 6.09. The van der Waals surface area contributed by atoms with Crippen LogP contribution in [0.1, 0.15) is 11.1 Å². The number of nitrogens with one attached hydrogen (secondary N) is 1. The monoisotopic (exact) mass is 292 g/mol. The molecule has 0 fully saturated rings. The molecular formula is C16H16N6. The average molecular weight is 292 g/mol. The molecule has 6 heteroatoms. The Morgan fingerprint density at radius 1 is 0.818 bits per heavy atom. The van der Waals surface area contributed by atoms with Gasteiger partial charge >= 0.3 is 0 Å². The van der Waals surface area contributed by atoms with E-state index in [1.165, 1.54) is 11.1 Å². The molecule has 6 nitrogen and oxygen atoms in total. The van der Waals surface area contributed by atoms with Crippen molar-refractivity contribution < 1.29 is 0 Å². The van der Waals surface area contributed by atoms with Crippen molar-refractivity contribution in [3.63, 3.8) is 0 Å². The van der Waals surface area contributed by atoms with E-state index < -0.39 is 0 Å². The molecule has 0 aromatic heterocycles. The van der Waals surface area contributed by atoms with Gasteiger partial charge in [0.15, 0.2) is 17.4 Å². The Labute approximate surface area is 128 Å². The predicted octanol–water partition coefficient (Wildman–Crippen LogP) is 1.69. The normalized spacial score (nSPS) is 13.5. The van der Waals surface area contributed by atoms with E-state index >= 15 is 0 Å². The summed E-state index contributed by atoms with van der Waals surface area (Å²) in [5, 5.41) is 11.4. The molecule has 0 saturated carbocycles. The summed E-state index contributed by atoms with van der Waals surface area (Å²) in [4.78, 5) is 0. The fourth-order valence-corrected chi connectivity index (χ4v) is 2.10. The Balaban J connectivity index is 1.66. The SMILES string of the molecule is NC1=NN=C(N)C1=NNc1ccc(Cc2ccccc2)cc1. The molecule has 0 radical (unpaired) electrons. The van der Waals surface area contributed by atoms with Crippen molar-refractivity contribution in [2.24, 2.45) is 26.8 Å². The van der Waals surface area contributed by atoms with Crippen LogP contribution in [0.3, 0.4) is 0 Å². The molecule has 0 bridgehead atoms. The standard InChI is InChI=1S/C16H16N6/c17-15-14(16(18)22-21-15)20-19-13-8-6-12(7-9-13)10-11-4-2-1-3-5-11/h1-9,19H,10H2,(H4,17,18,20,21,22). The second-order valence-corrected chi connectivity index (χ2v) is 4.90. The van der Waals surface area contributed by atoms with Crippen LogP contribution < -0.4 is 16.9 Å². The predicted molar refractivity (Wildman–Crippen MR) is 90.0 cm³/mol. The number of rotatable bonds is 4. The van der Waals surface area contributed by atoms with Crippen molar-refractivity contribution in [3.8, 4) is 0 Å². The summed E-state index contributed by atoms with van der Waals surface area (Å²) >= 11 is 0. The van der Waals surface area contributed by atoms with Crippen LogP contribution in [-0.2, 0) is 6.42 Å².